The van der Waals surface area contributed by atoms with Gasteiger partial charge in [0.15, 0.2) is 16.9 Å². The SMILES string of the molecule is C.C.C.Cc1cc(C)c2ncc(C(=O)NCCC3CC3)n2n1.Cc1cc(C)c2ncc(C(=O)NCCCC3CC3)n2n1.Cc1cc(C)c2ncc(C(=O)NCCCCC3CC3)n2n1. The van der Waals surface area contributed by atoms with E-state index >= 15 is 0 Å². The number of amides is 3. The normalized spacial score (nSPS) is 14.0. The van der Waals surface area contributed by atoms with Crippen LogP contribution in [0.4, 0.5) is 0 Å². The summed E-state index contributed by atoms with van der Waals surface area (Å²) in [6, 6.07) is 5.92. The molecule has 6 aromatic heterocycles. The van der Waals surface area contributed by atoms with Crippen LogP contribution < -0.4 is 16.0 Å². The van der Waals surface area contributed by atoms with E-state index in [2.05, 4.69) is 46.2 Å². The fourth-order valence-electron chi connectivity index (χ4n) is 7.54. The molecule has 15 heteroatoms. The molecule has 0 aliphatic heterocycles. The first-order valence-corrected chi connectivity index (χ1v) is 21.8. The van der Waals surface area contributed by atoms with Crippen molar-refractivity contribution in [1.82, 2.24) is 59.7 Å². The fraction of sp³-hybridized carbons (Fsp3) is 0.562. The maximum atomic E-state index is 12.2. The third-order valence-electron chi connectivity index (χ3n) is 11.3. The van der Waals surface area contributed by atoms with Crippen LogP contribution >= 0.6 is 0 Å². The Hall–Kier alpha value is -5.73. The van der Waals surface area contributed by atoms with Gasteiger partial charge in [0.25, 0.3) is 17.7 Å². The average Bonchev–Trinajstić information content (AvgIpc) is 4.17. The zero-order valence-corrected chi connectivity index (χ0v) is 36.1. The standard InChI is InChI=1S/C16H22N4O.C15H20N4O.C14H18N4O.3CH4/c1-11-9-12(2)19-20-14(10-18-15(11)20)16(21)17-8-4-3-5-13-6-7-13;1-10-8-11(2)18-19-13(9-17-14(10)19)15(20)16-7-3-4-12-5-6-12;1-9-7-10(2)17-18-12(8-16-13(9)18)14(19)15-6-5-11-3-4-11;;;/h9-10,13H,3-8H2,1-2H3,(H,17,21);8-9,12H,3-7H2,1-2H3,(H,16,20);7-8,11H,3-6H2,1-2H3,(H,15,19);3*1H4. The van der Waals surface area contributed by atoms with Gasteiger partial charge in [0.2, 0.25) is 0 Å². The highest BCUT2D eigenvalue weighted by molar-refractivity contribution is 5.94. The molecule has 3 aliphatic carbocycles. The molecule has 342 valence electrons. The predicted molar refractivity (Wildman–Crippen MR) is 250 cm³/mol. The predicted octanol–water partition coefficient (Wildman–Crippen LogP) is 8.71. The molecule has 3 N–H and O–H groups in total. The van der Waals surface area contributed by atoms with E-state index in [1.54, 1.807) is 32.1 Å². The van der Waals surface area contributed by atoms with Gasteiger partial charge in [-0.1, -0.05) is 73.6 Å². The molecule has 0 saturated heterocycles. The van der Waals surface area contributed by atoms with Gasteiger partial charge in [-0.05, 0) is 120 Å². The lowest BCUT2D eigenvalue weighted by Gasteiger charge is -2.05. The number of nitrogens with one attached hydrogen (secondary N) is 3. The number of carbonyl (C=O) groups is 3. The first kappa shape index (κ1) is 49.9. The maximum Gasteiger partial charge on any atom is 0.271 e. The minimum absolute atomic E-state index is 0. The molecule has 3 amide bonds. The number of nitrogens with zero attached hydrogens (tertiary/aromatic N) is 9. The van der Waals surface area contributed by atoms with E-state index in [1.165, 1.54) is 57.8 Å². The number of unbranched alkanes of at least 4 members (excludes halogenated alkanes) is 1. The summed E-state index contributed by atoms with van der Waals surface area (Å²) in [5.74, 6) is 2.43. The van der Waals surface area contributed by atoms with Crippen LogP contribution in [0.5, 0.6) is 0 Å². The van der Waals surface area contributed by atoms with Crippen LogP contribution in [0.2, 0.25) is 0 Å². The van der Waals surface area contributed by atoms with Gasteiger partial charge in [0.1, 0.15) is 17.1 Å². The van der Waals surface area contributed by atoms with Gasteiger partial charge in [-0.25, -0.2) is 28.5 Å². The minimum atomic E-state index is -0.0920. The van der Waals surface area contributed by atoms with Crippen molar-refractivity contribution >= 4 is 34.7 Å². The van der Waals surface area contributed by atoms with Gasteiger partial charge in [-0.2, -0.15) is 15.3 Å². The highest BCUT2D eigenvalue weighted by atomic mass is 16.2. The van der Waals surface area contributed by atoms with Crippen molar-refractivity contribution in [2.24, 2.45) is 17.8 Å². The van der Waals surface area contributed by atoms with Crippen molar-refractivity contribution in [3.8, 4) is 0 Å². The summed E-state index contributed by atoms with van der Waals surface area (Å²) in [4.78, 5) is 49.4. The van der Waals surface area contributed by atoms with Gasteiger partial charge in [0.05, 0.1) is 35.7 Å². The molecule has 3 aliphatic rings. The molecule has 3 fully saturated rings. The van der Waals surface area contributed by atoms with Crippen LogP contribution in [-0.2, 0) is 0 Å². The molecule has 0 unspecified atom stereocenters. The second-order valence-electron chi connectivity index (χ2n) is 17.1. The summed E-state index contributed by atoms with van der Waals surface area (Å²) in [5, 5.41) is 22.0. The Labute approximate surface area is 373 Å². The van der Waals surface area contributed by atoms with E-state index in [-0.39, 0.29) is 40.0 Å². The zero-order valence-electron chi connectivity index (χ0n) is 36.1. The Balaban J connectivity index is 0.000000203. The van der Waals surface area contributed by atoms with Crippen molar-refractivity contribution in [3.05, 3.63) is 87.6 Å². The summed E-state index contributed by atoms with van der Waals surface area (Å²) in [6.07, 6.45) is 19.9. The van der Waals surface area contributed by atoms with Crippen LogP contribution in [-0.4, -0.2) is 81.1 Å². The number of aryl methyl sites for hydroxylation is 6. The summed E-state index contributed by atoms with van der Waals surface area (Å²) in [6.45, 7) is 13.9. The second kappa shape index (κ2) is 22.6. The van der Waals surface area contributed by atoms with Crippen molar-refractivity contribution in [3.63, 3.8) is 0 Å². The van der Waals surface area contributed by atoms with Crippen molar-refractivity contribution < 1.29 is 14.4 Å². The molecule has 0 radical (unpaired) electrons. The van der Waals surface area contributed by atoms with E-state index in [1.807, 2.05) is 59.7 Å². The number of aromatic nitrogens is 9. The number of carbonyl (C=O) groups excluding carboxylic acids is 3. The van der Waals surface area contributed by atoms with Crippen LogP contribution in [0.15, 0.2) is 36.8 Å². The lowest BCUT2D eigenvalue weighted by Crippen LogP contribution is -2.26. The third-order valence-corrected chi connectivity index (χ3v) is 11.3. The lowest BCUT2D eigenvalue weighted by atomic mass is 10.2. The second-order valence-corrected chi connectivity index (χ2v) is 17.1. The molecule has 63 heavy (non-hydrogen) atoms. The van der Waals surface area contributed by atoms with Gasteiger partial charge < -0.3 is 16.0 Å². The highest BCUT2D eigenvalue weighted by Gasteiger charge is 2.23. The number of hydrogen-bond acceptors (Lipinski definition) is 9. The van der Waals surface area contributed by atoms with Gasteiger partial charge in [-0.15, -0.1) is 0 Å². The molecular formula is C48H72N12O3. The van der Waals surface area contributed by atoms with E-state index in [0.717, 1.165) is 107 Å². The quantitative estimate of drug-likeness (QED) is 0.0852. The van der Waals surface area contributed by atoms with E-state index < -0.39 is 0 Å². The molecule has 0 aromatic carbocycles. The van der Waals surface area contributed by atoms with Gasteiger partial charge >= 0.3 is 0 Å². The summed E-state index contributed by atoms with van der Waals surface area (Å²) < 4.78 is 4.92. The molecule has 9 rings (SSSR count). The number of fused-ring (bicyclic) bond motifs is 3. The zero-order chi connectivity index (χ0) is 42.3. The molecule has 15 nitrogen and oxygen atoms in total. The minimum Gasteiger partial charge on any atom is -0.351 e. The molecule has 6 aromatic rings. The van der Waals surface area contributed by atoms with E-state index in [4.69, 9.17) is 0 Å². The summed E-state index contributed by atoms with van der Waals surface area (Å²) in [7, 11) is 0. The van der Waals surface area contributed by atoms with Crippen molar-refractivity contribution in [1.29, 1.82) is 0 Å². The first-order valence-electron chi connectivity index (χ1n) is 21.8. The Kier molecular flexibility index (Phi) is 17.9. The first-order chi connectivity index (χ1) is 28.9. The Morgan fingerprint density at radius 1 is 0.476 bits per heavy atom. The summed E-state index contributed by atoms with van der Waals surface area (Å²) in [5.41, 5.74) is 9.54. The number of imidazole rings is 3. The molecule has 6 heterocycles. The molecule has 0 bridgehead atoms. The smallest absolute Gasteiger partial charge is 0.271 e. The van der Waals surface area contributed by atoms with E-state index in [0.29, 0.717) is 17.1 Å². The monoisotopic (exact) mass is 865 g/mol. The summed E-state index contributed by atoms with van der Waals surface area (Å²) >= 11 is 0. The van der Waals surface area contributed by atoms with Crippen molar-refractivity contribution in [2.45, 2.75) is 141 Å². The highest BCUT2D eigenvalue weighted by Crippen LogP contribution is 2.34. The maximum absolute atomic E-state index is 12.2. The van der Waals surface area contributed by atoms with Gasteiger partial charge in [0, 0.05) is 19.6 Å². The Morgan fingerprint density at radius 2 is 0.794 bits per heavy atom. The molecule has 0 spiro atoms. The van der Waals surface area contributed by atoms with E-state index in [9.17, 15) is 14.4 Å². The van der Waals surface area contributed by atoms with Crippen LogP contribution in [0.1, 0.15) is 165 Å². The largest absolute Gasteiger partial charge is 0.351 e. The Bertz CT molecular complexity index is 2470. The number of hydrogen-bond donors (Lipinski definition) is 3. The fourth-order valence-corrected chi connectivity index (χ4v) is 7.54. The molecular weight excluding hydrogens is 793 g/mol. The van der Waals surface area contributed by atoms with Crippen LogP contribution in [0.3, 0.4) is 0 Å². The number of rotatable bonds is 15. The van der Waals surface area contributed by atoms with Gasteiger partial charge in [-0.3, -0.25) is 14.4 Å². The van der Waals surface area contributed by atoms with Crippen LogP contribution in [0.25, 0.3) is 16.9 Å². The Morgan fingerprint density at radius 3 is 1.16 bits per heavy atom. The third kappa shape index (κ3) is 13.4. The lowest BCUT2D eigenvalue weighted by molar-refractivity contribution is 0.0937. The van der Waals surface area contributed by atoms with Crippen molar-refractivity contribution in [2.75, 3.05) is 19.6 Å². The molecule has 0 atom stereocenters. The van der Waals surface area contributed by atoms with Crippen LogP contribution in [0, 0.1) is 59.3 Å². The topological polar surface area (TPSA) is 178 Å². The average molecular weight is 865 g/mol. The molecule has 3 saturated carbocycles.